The Morgan fingerprint density at radius 3 is 2.03 bits per heavy atom. The second-order valence-electron chi connectivity index (χ2n) is 8.10. The van der Waals surface area contributed by atoms with E-state index in [-0.39, 0.29) is 12.1 Å². The molecule has 0 amide bonds. The third-order valence-corrected chi connectivity index (χ3v) is 5.26. The first-order valence-electron chi connectivity index (χ1n) is 11.6. The van der Waals surface area contributed by atoms with E-state index in [0.29, 0.717) is 13.0 Å². The zero-order chi connectivity index (χ0) is 21.6. The molecule has 0 spiro atoms. The second-order valence-corrected chi connectivity index (χ2v) is 8.10. The Hall–Kier alpha value is -2.29. The van der Waals surface area contributed by atoms with Gasteiger partial charge in [-0.1, -0.05) is 82.3 Å². The molecule has 0 saturated heterocycles. The van der Waals surface area contributed by atoms with E-state index in [9.17, 15) is 4.79 Å². The minimum Gasteiger partial charge on any atom is -0.490 e. The zero-order valence-corrected chi connectivity index (χ0v) is 19.0. The van der Waals surface area contributed by atoms with Crippen LogP contribution >= 0.6 is 0 Å². The van der Waals surface area contributed by atoms with Gasteiger partial charge in [-0.05, 0) is 55.0 Å². The molecule has 0 aliphatic carbocycles. The lowest BCUT2D eigenvalue weighted by Crippen LogP contribution is -2.21. The number of ether oxygens (including phenoxy) is 2. The highest BCUT2D eigenvalue weighted by atomic mass is 16.6. The molecular formula is C27H38O3. The van der Waals surface area contributed by atoms with Gasteiger partial charge >= 0.3 is 5.97 Å². The van der Waals surface area contributed by atoms with Crippen LogP contribution in [0.25, 0.3) is 11.1 Å². The van der Waals surface area contributed by atoms with Gasteiger partial charge in [0.05, 0.1) is 0 Å². The maximum absolute atomic E-state index is 11.8. The van der Waals surface area contributed by atoms with E-state index >= 15 is 0 Å². The zero-order valence-electron chi connectivity index (χ0n) is 19.0. The van der Waals surface area contributed by atoms with Crippen molar-refractivity contribution in [3.63, 3.8) is 0 Å². The molecule has 0 fully saturated rings. The van der Waals surface area contributed by atoms with Crippen LogP contribution in [-0.2, 0) is 16.0 Å². The number of carbonyl (C=O) groups excluding carboxylic acids is 1. The van der Waals surface area contributed by atoms with Crippen molar-refractivity contribution in [2.24, 2.45) is 0 Å². The Bertz CT molecular complexity index is 719. The average molecular weight is 411 g/mol. The number of hydrogen-bond donors (Lipinski definition) is 0. The standard InChI is InChI=1S/C27H38O3/c1-4-6-8-10-12-27(28)30-22(3)21-29-26-19-17-25(18-20-26)24-15-13-23(14-16-24)11-9-7-5-2/h13-20,22H,4-12,21H2,1-3H3. The summed E-state index contributed by atoms with van der Waals surface area (Å²) in [5, 5.41) is 0. The fourth-order valence-corrected chi connectivity index (χ4v) is 3.41. The van der Waals surface area contributed by atoms with Gasteiger partial charge in [0, 0.05) is 6.42 Å². The van der Waals surface area contributed by atoms with Crippen molar-refractivity contribution in [1.29, 1.82) is 0 Å². The van der Waals surface area contributed by atoms with Crippen molar-refractivity contribution in [1.82, 2.24) is 0 Å². The van der Waals surface area contributed by atoms with E-state index in [2.05, 4.69) is 50.2 Å². The normalized spacial score (nSPS) is 11.8. The van der Waals surface area contributed by atoms with Crippen LogP contribution in [0.15, 0.2) is 48.5 Å². The highest BCUT2D eigenvalue weighted by molar-refractivity contribution is 5.69. The predicted octanol–water partition coefficient (Wildman–Crippen LogP) is 7.37. The molecule has 0 aromatic heterocycles. The van der Waals surface area contributed by atoms with Gasteiger partial charge in [0.15, 0.2) is 0 Å². The molecule has 0 N–H and O–H groups in total. The van der Waals surface area contributed by atoms with Gasteiger partial charge in [0.2, 0.25) is 0 Å². The van der Waals surface area contributed by atoms with Crippen molar-refractivity contribution >= 4 is 5.97 Å². The quantitative estimate of drug-likeness (QED) is 0.241. The van der Waals surface area contributed by atoms with Gasteiger partial charge in [-0.25, -0.2) is 0 Å². The number of carbonyl (C=O) groups is 1. The fraction of sp³-hybridized carbons (Fsp3) is 0.519. The molecule has 164 valence electrons. The maximum atomic E-state index is 11.8. The summed E-state index contributed by atoms with van der Waals surface area (Å²) in [6, 6.07) is 16.9. The first-order valence-corrected chi connectivity index (χ1v) is 11.6. The molecular weight excluding hydrogens is 372 g/mol. The molecule has 1 unspecified atom stereocenters. The molecule has 1 atom stereocenters. The lowest BCUT2D eigenvalue weighted by Gasteiger charge is -2.15. The van der Waals surface area contributed by atoms with Gasteiger partial charge in [0.25, 0.3) is 0 Å². The van der Waals surface area contributed by atoms with Gasteiger partial charge in [0.1, 0.15) is 18.5 Å². The number of benzene rings is 2. The van der Waals surface area contributed by atoms with E-state index in [1.165, 1.54) is 48.8 Å². The molecule has 0 radical (unpaired) electrons. The summed E-state index contributed by atoms with van der Waals surface area (Å²) >= 11 is 0. The average Bonchev–Trinajstić information content (AvgIpc) is 2.76. The van der Waals surface area contributed by atoms with Crippen LogP contribution in [0.1, 0.15) is 77.7 Å². The highest BCUT2D eigenvalue weighted by Gasteiger charge is 2.10. The Labute approximate surface area is 182 Å². The van der Waals surface area contributed by atoms with Crippen LogP contribution in [0.5, 0.6) is 5.75 Å². The van der Waals surface area contributed by atoms with Crippen LogP contribution in [-0.4, -0.2) is 18.7 Å². The lowest BCUT2D eigenvalue weighted by molar-refractivity contribution is -0.149. The molecule has 3 heteroatoms. The van der Waals surface area contributed by atoms with Crippen LogP contribution < -0.4 is 4.74 Å². The smallest absolute Gasteiger partial charge is 0.306 e. The topological polar surface area (TPSA) is 35.5 Å². The molecule has 2 aromatic carbocycles. The molecule has 0 saturated carbocycles. The Morgan fingerprint density at radius 2 is 1.40 bits per heavy atom. The van der Waals surface area contributed by atoms with Gasteiger partial charge in [-0.15, -0.1) is 0 Å². The van der Waals surface area contributed by atoms with E-state index in [1.807, 2.05) is 19.1 Å². The van der Waals surface area contributed by atoms with Crippen LogP contribution in [0, 0.1) is 0 Å². The van der Waals surface area contributed by atoms with Crippen molar-refractivity contribution in [3.05, 3.63) is 54.1 Å². The summed E-state index contributed by atoms with van der Waals surface area (Å²) in [4.78, 5) is 11.8. The van der Waals surface area contributed by atoms with Crippen LogP contribution in [0.4, 0.5) is 0 Å². The van der Waals surface area contributed by atoms with Gasteiger partial charge < -0.3 is 9.47 Å². The van der Waals surface area contributed by atoms with E-state index in [1.54, 1.807) is 0 Å². The molecule has 30 heavy (non-hydrogen) atoms. The molecule has 0 aliphatic rings. The monoisotopic (exact) mass is 410 g/mol. The SMILES string of the molecule is CCCCCCC(=O)OC(C)COc1ccc(-c2ccc(CCCCC)cc2)cc1. The summed E-state index contributed by atoms with van der Waals surface area (Å²) in [5.41, 5.74) is 3.79. The summed E-state index contributed by atoms with van der Waals surface area (Å²) in [6.45, 7) is 6.64. The number of rotatable bonds is 14. The summed E-state index contributed by atoms with van der Waals surface area (Å²) < 4.78 is 11.2. The Morgan fingerprint density at radius 1 is 0.800 bits per heavy atom. The van der Waals surface area contributed by atoms with E-state index in [0.717, 1.165) is 25.0 Å². The highest BCUT2D eigenvalue weighted by Crippen LogP contribution is 2.23. The Kier molecular flexibility index (Phi) is 11.1. The predicted molar refractivity (Wildman–Crippen MR) is 125 cm³/mol. The molecule has 0 heterocycles. The van der Waals surface area contributed by atoms with Gasteiger partial charge in [-0.2, -0.15) is 0 Å². The molecule has 3 nitrogen and oxygen atoms in total. The molecule has 2 rings (SSSR count). The van der Waals surface area contributed by atoms with Crippen molar-refractivity contribution < 1.29 is 14.3 Å². The molecule has 0 bridgehead atoms. The first-order chi connectivity index (χ1) is 14.6. The minimum atomic E-state index is -0.247. The number of esters is 1. The van der Waals surface area contributed by atoms with E-state index in [4.69, 9.17) is 9.47 Å². The largest absolute Gasteiger partial charge is 0.490 e. The van der Waals surface area contributed by atoms with Gasteiger partial charge in [-0.3, -0.25) is 4.79 Å². The summed E-state index contributed by atoms with van der Waals surface area (Å²) in [6.07, 6.45) is 9.54. The first kappa shape index (κ1) is 24.0. The maximum Gasteiger partial charge on any atom is 0.306 e. The van der Waals surface area contributed by atoms with E-state index < -0.39 is 0 Å². The molecule has 2 aromatic rings. The van der Waals surface area contributed by atoms with Crippen LogP contribution in [0.2, 0.25) is 0 Å². The van der Waals surface area contributed by atoms with Crippen molar-refractivity contribution in [2.75, 3.05) is 6.61 Å². The number of unbranched alkanes of at least 4 members (excludes halogenated alkanes) is 5. The molecule has 0 aliphatic heterocycles. The second kappa shape index (κ2) is 13.8. The number of aryl methyl sites for hydroxylation is 1. The summed E-state index contributed by atoms with van der Waals surface area (Å²) in [5.74, 6) is 0.663. The third kappa shape index (κ3) is 9.02. The van der Waals surface area contributed by atoms with Crippen LogP contribution in [0.3, 0.4) is 0 Å². The number of hydrogen-bond acceptors (Lipinski definition) is 3. The summed E-state index contributed by atoms with van der Waals surface area (Å²) in [7, 11) is 0. The van der Waals surface area contributed by atoms with Crippen molar-refractivity contribution in [3.8, 4) is 16.9 Å². The minimum absolute atomic E-state index is 0.129. The van der Waals surface area contributed by atoms with Crippen molar-refractivity contribution in [2.45, 2.75) is 84.7 Å². The fourth-order valence-electron chi connectivity index (χ4n) is 3.41. The third-order valence-electron chi connectivity index (χ3n) is 5.26. The lowest BCUT2D eigenvalue weighted by atomic mass is 10.0. The Balaban J connectivity index is 1.75.